The minimum absolute atomic E-state index is 0.318. The van der Waals surface area contributed by atoms with E-state index in [4.69, 9.17) is 4.74 Å². The molecule has 1 aromatic rings. The number of non-ortho nitro benzene ring substituents is 1. The highest BCUT2D eigenvalue weighted by Crippen LogP contribution is 2.55. The molecule has 4 fully saturated rings. The monoisotopic (exact) mass is 441 g/mol. The number of nitro groups is 1. The molecule has 2 N–H and O–H groups in total. The predicted octanol–water partition coefficient (Wildman–Crippen LogP) is 3.79. The number of alkyl halides is 3. The molecule has 4 saturated carbocycles. The van der Waals surface area contributed by atoms with Crippen LogP contribution in [-0.2, 0) is 11.0 Å². The first-order chi connectivity index (χ1) is 14.5. The number of imide groups is 1. The number of amides is 3. The van der Waals surface area contributed by atoms with Crippen molar-refractivity contribution in [3.63, 3.8) is 0 Å². The van der Waals surface area contributed by atoms with Crippen molar-refractivity contribution in [3.8, 4) is 5.75 Å². The van der Waals surface area contributed by atoms with Crippen molar-refractivity contribution in [2.75, 3.05) is 6.61 Å². The van der Waals surface area contributed by atoms with Crippen LogP contribution >= 0.6 is 0 Å². The second kappa shape index (κ2) is 7.69. The lowest BCUT2D eigenvalue weighted by molar-refractivity contribution is -0.385. The van der Waals surface area contributed by atoms with Gasteiger partial charge >= 0.3 is 12.2 Å². The fourth-order valence-electron chi connectivity index (χ4n) is 5.82. The highest BCUT2D eigenvalue weighted by Gasteiger charge is 2.51. The highest BCUT2D eigenvalue weighted by atomic mass is 19.4. The van der Waals surface area contributed by atoms with Gasteiger partial charge in [0.25, 0.3) is 11.6 Å². The van der Waals surface area contributed by atoms with Crippen LogP contribution in [0.3, 0.4) is 0 Å². The Hall–Kier alpha value is -2.85. The van der Waals surface area contributed by atoms with E-state index in [0.29, 0.717) is 23.8 Å². The van der Waals surface area contributed by atoms with E-state index in [1.165, 1.54) is 19.3 Å². The normalized spacial score (nSPS) is 28.8. The first kappa shape index (κ1) is 21.4. The van der Waals surface area contributed by atoms with Gasteiger partial charge < -0.3 is 10.1 Å². The molecule has 8 nitrogen and oxygen atoms in total. The topological polar surface area (TPSA) is 111 Å². The fraction of sp³-hybridized carbons (Fsp3) is 0.600. The molecule has 4 aliphatic carbocycles. The Morgan fingerprint density at radius 2 is 1.71 bits per heavy atom. The average molecular weight is 441 g/mol. The SMILES string of the molecule is O=C(COc1ccc([N+](=O)[O-])cc1C(F)(F)F)NC(=O)NC12CC3CC(CC(C3)C1)C2. The van der Waals surface area contributed by atoms with Crippen molar-refractivity contribution < 1.29 is 32.4 Å². The molecule has 0 aliphatic heterocycles. The van der Waals surface area contributed by atoms with Gasteiger partial charge in [0.2, 0.25) is 0 Å². The van der Waals surface area contributed by atoms with Crippen LogP contribution in [0.2, 0.25) is 0 Å². The number of halogens is 3. The number of hydrogen-bond donors (Lipinski definition) is 2. The summed E-state index contributed by atoms with van der Waals surface area (Å²) in [7, 11) is 0. The molecule has 5 rings (SSSR count). The number of carbonyl (C=O) groups is 2. The first-order valence-electron chi connectivity index (χ1n) is 10.1. The van der Waals surface area contributed by atoms with Gasteiger partial charge in [0.15, 0.2) is 6.61 Å². The van der Waals surface area contributed by atoms with E-state index in [2.05, 4.69) is 10.6 Å². The smallest absolute Gasteiger partial charge is 0.420 e. The molecule has 4 aliphatic rings. The summed E-state index contributed by atoms with van der Waals surface area (Å²) in [4.78, 5) is 34.2. The van der Waals surface area contributed by atoms with Crippen molar-refractivity contribution in [2.45, 2.75) is 50.2 Å². The van der Waals surface area contributed by atoms with Crippen LogP contribution in [0.5, 0.6) is 5.75 Å². The zero-order chi connectivity index (χ0) is 22.4. The Bertz CT molecular complexity index is 883. The number of carbonyl (C=O) groups excluding carboxylic acids is 2. The summed E-state index contributed by atoms with van der Waals surface area (Å²) >= 11 is 0. The largest absolute Gasteiger partial charge is 0.483 e. The van der Waals surface area contributed by atoms with Crippen LogP contribution in [0.15, 0.2) is 18.2 Å². The maximum Gasteiger partial charge on any atom is 0.420 e. The molecule has 31 heavy (non-hydrogen) atoms. The van der Waals surface area contributed by atoms with E-state index < -0.39 is 46.6 Å². The number of nitrogens with zero attached hydrogens (tertiary/aromatic N) is 1. The van der Waals surface area contributed by atoms with Gasteiger partial charge in [0.1, 0.15) is 11.3 Å². The van der Waals surface area contributed by atoms with E-state index in [1.54, 1.807) is 0 Å². The summed E-state index contributed by atoms with van der Waals surface area (Å²) in [6.07, 6.45) is 1.30. The number of hydrogen-bond acceptors (Lipinski definition) is 5. The van der Waals surface area contributed by atoms with Gasteiger partial charge in [-0.1, -0.05) is 0 Å². The van der Waals surface area contributed by atoms with E-state index in [0.717, 1.165) is 31.4 Å². The summed E-state index contributed by atoms with van der Waals surface area (Å²) in [5.41, 5.74) is -2.44. The maximum atomic E-state index is 13.2. The van der Waals surface area contributed by atoms with E-state index >= 15 is 0 Å². The Labute approximate surface area is 175 Å². The standard InChI is InChI=1S/C20H22F3N3O5/c21-20(22,23)15-6-14(26(29)30)1-2-16(15)31-10-17(27)24-18(28)25-19-7-11-3-12(8-19)5-13(4-11)9-19/h1-2,6,11-13H,3-5,7-10H2,(H2,24,25,27,28). The number of benzene rings is 1. The lowest BCUT2D eigenvalue weighted by atomic mass is 9.53. The molecule has 11 heteroatoms. The molecule has 0 spiro atoms. The Kier molecular flexibility index (Phi) is 5.30. The van der Waals surface area contributed by atoms with Gasteiger partial charge in [-0.25, -0.2) is 4.79 Å². The highest BCUT2D eigenvalue weighted by molar-refractivity contribution is 5.95. The zero-order valence-corrected chi connectivity index (χ0v) is 16.5. The molecular weight excluding hydrogens is 419 g/mol. The minimum Gasteiger partial charge on any atom is -0.483 e. The second-order valence-electron chi connectivity index (χ2n) is 8.92. The van der Waals surface area contributed by atoms with E-state index in [-0.39, 0.29) is 5.54 Å². The number of nitro benzene ring substituents is 1. The van der Waals surface area contributed by atoms with Crippen LogP contribution in [0.25, 0.3) is 0 Å². The average Bonchev–Trinajstić information content (AvgIpc) is 2.63. The van der Waals surface area contributed by atoms with Gasteiger partial charge in [0.05, 0.1) is 4.92 Å². The lowest BCUT2D eigenvalue weighted by Crippen LogP contribution is -2.62. The third-order valence-corrected chi connectivity index (χ3v) is 6.51. The number of nitrogens with one attached hydrogen (secondary N) is 2. The fourth-order valence-corrected chi connectivity index (χ4v) is 5.82. The van der Waals surface area contributed by atoms with Crippen molar-refractivity contribution in [1.82, 2.24) is 10.6 Å². The van der Waals surface area contributed by atoms with Gasteiger partial charge in [-0.3, -0.25) is 20.2 Å². The van der Waals surface area contributed by atoms with Gasteiger partial charge in [-0.2, -0.15) is 13.2 Å². The maximum absolute atomic E-state index is 13.2. The summed E-state index contributed by atoms with van der Waals surface area (Å²) < 4.78 is 44.4. The molecular formula is C20H22F3N3O5. The quantitative estimate of drug-likeness (QED) is 0.534. The predicted molar refractivity (Wildman–Crippen MR) is 101 cm³/mol. The van der Waals surface area contributed by atoms with Crippen molar-refractivity contribution in [2.24, 2.45) is 17.8 Å². The molecule has 168 valence electrons. The van der Waals surface area contributed by atoms with Gasteiger partial charge in [0, 0.05) is 17.7 Å². The van der Waals surface area contributed by atoms with E-state index in [1.807, 2.05) is 0 Å². The lowest BCUT2D eigenvalue weighted by Gasteiger charge is -2.56. The third-order valence-electron chi connectivity index (χ3n) is 6.51. The number of rotatable bonds is 5. The van der Waals surface area contributed by atoms with Gasteiger partial charge in [-0.05, 0) is 62.3 Å². The van der Waals surface area contributed by atoms with Crippen LogP contribution in [0, 0.1) is 27.9 Å². The van der Waals surface area contributed by atoms with Crippen LogP contribution in [0.4, 0.5) is 23.7 Å². The Balaban J connectivity index is 1.34. The van der Waals surface area contributed by atoms with Gasteiger partial charge in [-0.15, -0.1) is 0 Å². The van der Waals surface area contributed by atoms with Crippen LogP contribution < -0.4 is 15.4 Å². The Morgan fingerprint density at radius 1 is 1.13 bits per heavy atom. The summed E-state index contributed by atoms with van der Waals surface area (Å²) in [5.74, 6) is 0.138. The molecule has 0 saturated heterocycles. The minimum atomic E-state index is -4.91. The van der Waals surface area contributed by atoms with Crippen molar-refractivity contribution in [1.29, 1.82) is 0 Å². The number of urea groups is 1. The molecule has 0 atom stereocenters. The second-order valence-corrected chi connectivity index (χ2v) is 8.92. The van der Waals surface area contributed by atoms with Crippen LogP contribution in [-0.4, -0.2) is 29.0 Å². The molecule has 0 aromatic heterocycles. The first-order valence-corrected chi connectivity index (χ1v) is 10.1. The molecule has 3 amide bonds. The summed E-state index contributed by atoms with van der Waals surface area (Å²) in [5, 5.41) is 15.8. The Morgan fingerprint density at radius 3 is 2.23 bits per heavy atom. The summed E-state index contributed by atoms with van der Waals surface area (Å²) in [6.45, 7) is -0.838. The van der Waals surface area contributed by atoms with Crippen molar-refractivity contribution in [3.05, 3.63) is 33.9 Å². The number of ether oxygens (including phenoxy) is 1. The summed E-state index contributed by atoms with van der Waals surface area (Å²) in [6, 6.07) is 1.29. The molecule has 0 unspecified atom stereocenters. The zero-order valence-electron chi connectivity index (χ0n) is 16.5. The molecule has 0 radical (unpaired) electrons. The third kappa shape index (κ3) is 4.59. The molecule has 4 bridgehead atoms. The van der Waals surface area contributed by atoms with E-state index in [9.17, 15) is 32.9 Å². The van der Waals surface area contributed by atoms with Crippen molar-refractivity contribution >= 4 is 17.6 Å². The van der Waals surface area contributed by atoms with Crippen LogP contribution in [0.1, 0.15) is 44.1 Å². The molecule has 1 aromatic carbocycles. The molecule has 0 heterocycles.